The Hall–Kier alpha value is -3.85. The summed E-state index contributed by atoms with van der Waals surface area (Å²) < 4.78 is 11.3. The Kier molecular flexibility index (Phi) is 7.07. The van der Waals surface area contributed by atoms with Crippen molar-refractivity contribution in [3.8, 4) is 11.5 Å². The van der Waals surface area contributed by atoms with Crippen molar-refractivity contribution in [1.29, 1.82) is 5.41 Å². The van der Waals surface area contributed by atoms with Crippen LogP contribution in [0.4, 0.5) is 5.69 Å². The van der Waals surface area contributed by atoms with E-state index in [-0.39, 0.29) is 11.5 Å². The molecule has 9 nitrogen and oxygen atoms in total. The molecule has 0 spiro atoms. The molecule has 0 bridgehead atoms. The predicted molar refractivity (Wildman–Crippen MR) is 140 cm³/mol. The van der Waals surface area contributed by atoms with Gasteiger partial charge in [0.1, 0.15) is 22.8 Å². The maximum atomic E-state index is 13.3. The molecule has 2 heterocycles. The summed E-state index contributed by atoms with van der Waals surface area (Å²) in [7, 11) is 7.65. The van der Waals surface area contributed by atoms with Gasteiger partial charge in [0.15, 0.2) is 0 Å². The Labute approximate surface area is 204 Å². The topological polar surface area (TPSA) is 121 Å². The molecule has 0 saturated carbocycles. The van der Waals surface area contributed by atoms with Gasteiger partial charge in [-0.1, -0.05) is 0 Å². The number of aromatic nitrogens is 2. The minimum Gasteiger partial charge on any atom is -0.497 e. The van der Waals surface area contributed by atoms with E-state index in [1.165, 1.54) is 12.4 Å². The molecule has 184 valence electrons. The summed E-state index contributed by atoms with van der Waals surface area (Å²) in [6.07, 6.45) is 3.24. The van der Waals surface area contributed by atoms with Crippen LogP contribution in [0.15, 0.2) is 41.3 Å². The van der Waals surface area contributed by atoms with Gasteiger partial charge in [-0.25, -0.2) is 4.98 Å². The van der Waals surface area contributed by atoms with Crippen molar-refractivity contribution in [1.82, 2.24) is 14.9 Å². The summed E-state index contributed by atoms with van der Waals surface area (Å²) in [5, 5.41) is 8.17. The van der Waals surface area contributed by atoms with Crippen molar-refractivity contribution in [3.05, 3.63) is 63.8 Å². The third kappa shape index (κ3) is 5.00. The zero-order valence-corrected chi connectivity index (χ0v) is 20.6. The van der Waals surface area contributed by atoms with Crippen LogP contribution in [0.25, 0.3) is 16.5 Å². The first-order chi connectivity index (χ1) is 16.8. The van der Waals surface area contributed by atoms with Gasteiger partial charge in [0, 0.05) is 38.1 Å². The lowest BCUT2D eigenvalue weighted by atomic mass is 9.95. The van der Waals surface area contributed by atoms with Gasteiger partial charge in [-0.2, -0.15) is 0 Å². The van der Waals surface area contributed by atoms with Crippen LogP contribution in [0.2, 0.25) is 0 Å². The zero-order valence-electron chi connectivity index (χ0n) is 20.6. The number of nitrogens with zero attached hydrogens (tertiary/aromatic N) is 3. The lowest BCUT2D eigenvalue weighted by Gasteiger charge is -2.26. The van der Waals surface area contributed by atoms with Crippen molar-refractivity contribution in [2.24, 2.45) is 5.73 Å². The number of nitrogens with one attached hydrogen (secondary N) is 2. The molecule has 0 aliphatic carbocycles. The zero-order chi connectivity index (χ0) is 25.1. The second kappa shape index (κ2) is 10.2. The molecule has 1 unspecified atom stereocenters. The van der Waals surface area contributed by atoms with E-state index in [9.17, 15) is 4.79 Å². The Morgan fingerprint density at radius 2 is 2.09 bits per heavy atom. The number of nitrogens with two attached hydrogens (primary N) is 1. The van der Waals surface area contributed by atoms with Gasteiger partial charge in [0.25, 0.3) is 5.56 Å². The normalized spacial score (nSPS) is 15.6. The Bertz CT molecular complexity index is 1330. The molecule has 0 radical (unpaired) electrons. The van der Waals surface area contributed by atoms with Crippen LogP contribution in [0.5, 0.6) is 11.5 Å². The highest BCUT2D eigenvalue weighted by atomic mass is 16.5. The van der Waals surface area contributed by atoms with E-state index >= 15 is 0 Å². The van der Waals surface area contributed by atoms with Crippen molar-refractivity contribution >= 4 is 28.4 Å². The summed E-state index contributed by atoms with van der Waals surface area (Å²) in [5.41, 5.74) is 9.19. The number of anilines is 1. The number of hydrogen-bond donors (Lipinski definition) is 3. The van der Waals surface area contributed by atoms with E-state index in [1.807, 2.05) is 45.4 Å². The average molecular weight is 477 g/mol. The molecule has 1 atom stereocenters. The smallest absolute Gasteiger partial charge is 0.258 e. The monoisotopic (exact) mass is 476 g/mol. The van der Waals surface area contributed by atoms with Crippen molar-refractivity contribution in [3.63, 3.8) is 0 Å². The van der Waals surface area contributed by atoms with Crippen molar-refractivity contribution in [2.45, 2.75) is 12.3 Å². The molecule has 35 heavy (non-hydrogen) atoms. The van der Waals surface area contributed by atoms with Crippen LogP contribution in [-0.4, -0.2) is 69.0 Å². The largest absolute Gasteiger partial charge is 0.497 e. The van der Waals surface area contributed by atoms with Crippen LogP contribution >= 0.6 is 0 Å². The number of methoxy groups -OCH3 is 1. The number of H-pyrrole nitrogens is 1. The van der Waals surface area contributed by atoms with Crippen LogP contribution in [0.1, 0.15) is 22.9 Å². The van der Waals surface area contributed by atoms with Gasteiger partial charge in [-0.05, 0) is 62.0 Å². The Morgan fingerprint density at radius 3 is 2.77 bits per heavy atom. The van der Waals surface area contributed by atoms with Gasteiger partial charge < -0.3 is 35.4 Å². The third-order valence-electron chi connectivity index (χ3n) is 6.33. The van der Waals surface area contributed by atoms with Crippen molar-refractivity contribution in [2.75, 3.05) is 52.8 Å². The molecule has 3 aromatic rings. The molecule has 4 rings (SSSR count). The number of aromatic amines is 1. The number of benzene rings is 2. The van der Waals surface area contributed by atoms with E-state index in [1.54, 1.807) is 13.2 Å². The van der Waals surface area contributed by atoms with Crippen LogP contribution in [0.3, 0.4) is 0 Å². The minimum absolute atomic E-state index is 0.104. The molecule has 1 aliphatic rings. The first kappa shape index (κ1) is 24.3. The number of fused-ring (bicyclic) bond motifs is 2. The molecule has 4 N–H and O–H groups in total. The summed E-state index contributed by atoms with van der Waals surface area (Å²) >= 11 is 0. The van der Waals surface area contributed by atoms with Gasteiger partial charge in [-0.3, -0.25) is 4.79 Å². The van der Waals surface area contributed by atoms with Gasteiger partial charge in [-0.15, -0.1) is 0 Å². The molecule has 1 aliphatic heterocycles. The lowest BCUT2D eigenvalue weighted by Crippen LogP contribution is -2.29. The number of allylic oxidation sites excluding steroid dienone is 1. The molecule has 0 fully saturated rings. The summed E-state index contributed by atoms with van der Waals surface area (Å²) in [6.45, 7) is 1.99. The number of rotatable bonds is 8. The van der Waals surface area contributed by atoms with Crippen molar-refractivity contribution < 1.29 is 9.47 Å². The Balaban J connectivity index is 1.81. The highest BCUT2D eigenvalue weighted by Crippen LogP contribution is 2.35. The third-order valence-corrected chi connectivity index (χ3v) is 6.33. The number of likely N-dealkylation sites (N-methyl/N-ethyl adjacent to an activating group) is 2. The predicted octanol–water partition coefficient (Wildman–Crippen LogP) is 2.60. The van der Waals surface area contributed by atoms with Gasteiger partial charge in [0.05, 0.1) is 30.7 Å². The van der Waals surface area contributed by atoms with E-state index in [0.29, 0.717) is 40.9 Å². The first-order valence-electron chi connectivity index (χ1n) is 11.5. The maximum Gasteiger partial charge on any atom is 0.258 e. The number of ether oxygens (including phenoxy) is 2. The molecule has 1 aromatic heterocycles. The van der Waals surface area contributed by atoms with E-state index in [0.717, 1.165) is 35.8 Å². The Morgan fingerprint density at radius 1 is 1.29 bits per heavy atom. The van der Waals surface area contributed by atoms with E-state index in [2.05, 4.69) is 14.8 Å². The second-order valence-electron chi connectivity index (χ2n) is 9.02. The number of hydrogen-bond acceptors (Lipinski definition) is 8. The molecule has 2 aromatic carbocycles. The fourth-order valence-corrected chi connectivity index (χ4v) is 4.26. The standard InChI is InChI=1S/C26H32N6O3/c1-31(2)7-8-32(3)22-12-16(19(13-27)14-28)11-21-24(22)29-25(30-26(21)33)18-9-17-10-20(34-4)5-6-23(17)35-15-18/h5-6,10-14,18,27H,7-9,15,28H2,1-4H3,(H,29,30,33)/b19-14+,27-13?. The van der Waals surface area contributed by atoms with Gasteiger partial charge in [0.2, 0.25) is 0 Å². The molecular formula is C26H32N6O3. The van der Waals surface area contributed by atoms with Crippen LogP contribution in [0, 0.1) is 5.41 Å². The van der Waals surface area contributed by atoms with Gasteiger partial charge >= 0.3 is 0 Å². The molecule has 0 saturated heterocycles. The lowest BCUT2D eigenvalue weighted by molar-refractivity contribution is 0.257. The fourth-order valence-electron chi connectivity index (χ4n) is 4.26. The first-order valence-corrected chi connectivity index (χ1v) is 11.5. The fraction of sp³-hybridized carbons (Fsp3) is 0.346. The summed E-state index contributed by atoms with van der Waals surface area (Å²) in [6, 6.07) is 9.43. The SMILES string of the molecule is COc1ccc2c(c1)CC(c1nc3c(N(C)CCN(C)C)cc(/C(C=N)=C/N)cc3c(=O)[nH]1)CO2. The summed E-state index contributed by atoms with van der Waals surface area (Å²) in [4.78, 5) is 25.4. The van der Waals surface area contributed by atoms with E-state index in [4.69, 9.17) is 25.6 Å². The second-order valence-corrected chi connectivity index (χ2v) is 9.02. The molecule has 9 heteroatoms. The highest BCUT2D eigenvalue weighted by Gasteiger charge is 2.25. The average Bonchev–Trinajstić information content (AvgIpc) is 2.87. The minimum atomic E-state index is -0.230. The molecular weight excluding hydrogens is 444 g/mol. The highest BCUT2D eigenvalue weighted by molar-refractivity contribution is 6.10. The van der Waals surface area contributed by atoms with E-state index < -0.39 is 0 Å². The quantitative estimate of drug-likeness (QED) is 0.427. The summed E-state index contributed by atoms with van der Waals surface area (Å²) in [5.74, 6) is 2.08. The van der Waals surface area contributed by atoms with Crippen LogP contribution in [-0.2, 0) is 6.42 Å². The van der Waals surface area contributed by atoms with Crippen LogP contribution < -0.4 is 25.7 Å². The molecule has 0 amide bonds. The maximum absolute atomic E-state index is 13.3.